The van der Waals surface area contributed by atoms with Crippen LogP contribution in [0.4, 0.5) is 5.69 Å². The Labute approximate surface area is 128 Å². The van der Waals surface area contributed by atoms with E-state index in [1.165, 1.54) is 20.3 Å². The molecule has 6 heteroatoms. The lowest BCUT2D eigenvalue weighted by atomic mass is 10.1. The van der Waals surface area contributed by atoms with Crippen LogP contribution in [-0.2, 0) is 9.47 Å². The van der Waals surface area contributed by atoms with Gasteiger partial charge in [-0.1, -0.05) is 12.1 Å². The van der Waals surface area contributed by atoms with E-state index in [1.54, 1.807) is 12.1 Å². The van der Waals surface area contributed by atoms with Crippen LogP contribution in [0.25, 0.3) is 0 Å². The minimum absolute atomic E-state index is 0.0784. The number of hydrogen-bond donors (Lipinski definition) is 0. The van der Waals surface area contributed by atoms with Crippen molar-refractivity contribution in [1.29, 1.82) is 0 Å². The summed E-state index contributed by atoms with van der Waals surface area (Å²) in [6.07, 6.45) is -0.832. The molecule has 0 heterocycles. The summed E-state index contributed by atoms with van der Waals surface area (Å²) in [5, 5.41) is 11.1. The zero-order chi connectivity index (χ0) is 16.1. The molecule has 22 heavy (non-hydrogen) atoms. The zero-order valence-electron chi connectivity index (χ0n) is 12.6. The van der Waals surface area contributed by atoms with Gasteiger partial charge in [-0.15, -0.1) is 0 Å². The fourth-order valence-electron chi connectivity index (χ4n) is 2.12. The topological polar surface area (TPSA) is 70.8 Å². The molecule has 0 N–H and O–H groups in total. The Bertz CT molecular complexity index is 667. The number of rotatable bonds is 6. The third-order valence-corrected chi connectivity index (χ3v) is 3.10. The first-order valence-electron chi connectivity index (χ1n) is 6.63. The van der Waals surface area contributed by atoms with Crippen LogP contribution in [0.15, 0.2) is 42.5 Å². The number of ether oxygens (including phenoxy) is 3. The number of nitrogens with zero attached hydrogens (tertiary/aromatic N) is 1. The van der Waals surface area contributed by atoms with Crippen molar-refractivity contribution in [2.45, 2.75) is 13.2 Å². The van der Waals surface area contributed by atoms with Gasteiger partial charge in [0.25, 0.3) is 5.69 Å². The van der Waals surface area contributed by atoms with Gasteiger partial charge < -0.3 is 14.2 Å². The molecule has 0 saturated heterocycles. The average Bonchev–Trinajstić information content (AvgIpc) is 2.48. The molecule has 0 fully saturated rings. The smallest absolute Gasteiger partial charge is 0.277 e. The zero-order valence-corrected chi connectivity index (χ0v) is 12.6. The van der Waals surface area contributed by atoms with Gasteiger partial charge in [-0.2, -0.15) is 0 Å². The highest BCUT2D eigenvalue weighted by Crippen LogP contribution is 2.33. The summed E-state index contributed by atoms with van der Waals surface area (Å²) in [5.74, 6) is 1.14. The van der Waals surface area contributed by atoms with E-state index in [0.717, 1.165) is 5.56 Å². The van der Waals surface area contributed by atoms with E-state index in [0.29, 0.717) is 17.1 Å². The fourth-order valence-corrected chi connectivity index (χ4v) is 2.12. The highest BCUT2D eigenvalue weighted by atomic mass is 16.7. The predicted octanol–water partition coefficient (Wildman–Crippen LogP) is 3.99. The summed E-state index contributed by atoms with van der Waals surface area (Å²) >= 11 is 0. The molecule has 2 rings (SSSR count). The van der Waals surface area contributed by atoms with Crippen molar-refractivity contribution in [1.82, 2.24) is 0 Å². The molecule has 116 valence electrons. The Morgan fingerprint density at radius 3 is 2.32 bits per heavy atom. The van der Waals surface area contributed by atoms with Gasteiger partial charge in [0.05, 0.1) is 10.5 Å². The molecular formula is C16H17NO5. The molecule has 0 atom stereocenters. The lowest BCUT2D eigenvalue weighted by molar-refractivity contribution is -0.387. The summed E-state index contributed by atoms with van der Waals surface area (Å²) in [4.78, 5) is 10.7. The van der Waals surface area contributed by atoms with Crippen LogP contribution < -0.4 is 4.74 Å². The van der Waals surface area contributed by atoms with Crippen LogP contribution in [0, 0.1) is 17.0 Å². The van der Waals surface area contributed by atoms with Gasteiger partial charge in [-0.05, 0) is 36.8 Å². The molecule has 0 bridgehead atoms. The number of methoxy groups -OCH3 is 2. The molecule has 0 aromatic heterocycles. The summed E-state index contributed by atoms with van der Waals surface area (Å²) < 4.78 is 16.0. The van der Waals surface area contributed by atoms with Crippen molar-refractivity contribution in [3.63, 3.8) is 0 Å². The van der Waals surface area contributed by atoms with Crippen molar-refractivity contribution < 1.29 is 19.1 Å². The van der Waals surface area contributed by atoms with Crippen molar-refractivity contribution >= 4 is 5.69 Å². The molecule has 0 unspecified atom stereocenters. The molecule has 0 spiro atoms. The first-order chi connectivity index (χ1) is 10.5. The van der Waals surface area contributed by atoms with Gasteiger partial charge in [-0.25, -0.2) is 0 Å². The van der Waals surface area contributed by atoms with E-state index in [-0.39, 0.29) is 5.69 Å². The minimum atomic E-state index is -0.832. The lowest BCUT2D eigenvalue weighted by Crippen LogP contribution is -2.07. The quantitative estimate of drug-likeness (QED) is 0.458. The molecule has 2 aromatic carbocycles. The number of nitro groups is 1. The second kappa shape index (κ2) is 7.02. The number of aryl methyl sites for hydroxylation is 1. The Hall–Kier alpha value is -2.44. The second-order valence-electron chi connectivity index (χ2n) is 4.70. The highest BCUT2D eigenvalue weighted by molar-refractivity contribution is 5.47. The molecule has 0 amide bonds. The standard InChI is InChI=1S/C16H17NO5/c1-11-5-4-6-12(9-11)22-13-7-8-15(17(18)19)14(10-13)16(20-2)21-3/h4-10,16H,1-3H3. The number of nitro benzene ring substituents is 1. The maximum Gasteiger partial charge on any atom is 0.277 e. The summed E-state index contributed by atoms with van der Waals surface area (Å²) in [5.41, 5.74) is 1.29. The van der Waals surface area contributed by atoms with E-state index in [4.69, 9.17) is 14.2 Å². The van der Waals surface area contributed by atoms with E-state index < -0.39 is 11.2 Å². The fraction of sp³-hybridized carbons (Fsp3) is 0.250. The van der Waals surface area contributed by atoms with Gasteiger partial charge in [-0.3, -0.25) is 10.1 Å². The van der Waals surface area contributed by atoms with Crippen LogP contribution in [0.2, 0.25) is 0 Å². The van der Waals surface area contributed by atoms with Crippen molar-refractivity contribution in [2.24, 2.45) is 0 Å². The lowest BCUT2D eigenvalue weighted by Gasteiger charge is -2.15. The van der Waals surface area contributed by atoms with Gasteiger partial charge >= 0.3 is 0 Å². The highest BCUT2D eigenvalue weighted by Gasteiger charge is 2.23. The maximum absolute atomic E-state index is 11.1. The van der Waals surface area contributed by atoms with Crippen molar-refractivity contribution in [2.75, 3.05) is 14.2 Å². The molecule has 6 nitrogen and oxygen atoms in total. The third kappa shape index (κ3) is 3.60. The van der Waals surface area contributed by atoms with E-state index in [2.05, 4.69) is 0 Å². The van der Waals surface area contributed by atoms with E-state index in [1.807, 2.05) is 31.2 Å². The molecule has 0 radical (unpaired) electrons. The summed E-state index contributed by atoms with van der Waals surface area (Å²) in [6, 6.07) is 12.0. The van der Waals surface area contributed by atoms with Gasteiger partial charge in [0.2, 0.25) is 0 Å². The molecule has 0 aliphatic carbocycles. The largest absolute Gasteiger partial charge is 0.457 e. The molecule has 0 aliphatic heterocycles. The van der Waals surface area contributed by atoms with Crippen LogP contribution in [-0.4, -0.2) is 19.1 Å². The van der Waals surface area contributed by atoms with Crippen molar-refractivity contribution in [3.8, 4) is 11.5 Å². The maximum atomic E-state index is 11.1. The summed E-state index contributed by atoms with van der Waals surface area (Å²) in [6.45, 7) is 1.96. The van der Waals surface area contributed by atoms with E-state index >= 15 is 0 Å². The van der Waals surface area contributed by atoms with E-state index in [9.17, 15) is 10.1 Å². The van der Waals surface area contributed by atoms with Crippen LogP contribution >= 0.6 is 0 Å². The molecule has 0 saturated carbocycles. The van der Waals surface area contributed by atoms with Gasteiger partial charge in [0.15, 0.2) is 6.29 Å². The summed E-state index contributed by atoms with van der Waals surface area (Å²) in [7, 11) is 2.85. The Balaban J connectivity index is 2.37. The Morgan fingerprint density at radius 1 is 1.05 bits per heavy atom. The third-order valence-electron chi connectivity index (χ3n) is 3.10. The Morgan fingerprint density at radius 2 is 1.73 bits per heavy atom. The first-order valence-corrected chi connectivity index (χ1v) is 6.63. The molecular weight excluding hydrogens is 286 g/mol. The predicted molar refractivity (Wildman–Crippen MR) is 81.1 cm³/mol. The Kier molecular flexibility index (Phi) is 5.08. The SMILES string of the molecule is COC(OC)c1cc(Oc2cccc(C)c2)ccc1[N+](=O)[O-]. The minimum Gasteiger partial charge on any atom is -0.457 e. The van der Waals surface area contributed by atoms with Crippen LogP contribution in [0.3, 0.4) is 0 Å². The average molecular weight is 303 g/mol. The number of hydrogen-bond acceptors (Lipinski definition) is 5. The van der Waals surface area contributed by atoms with Gasteiger partial charge in [0, 0.05) is 20.3 Å². The molecule has 0 aliphatic rings. The second-order valence-corrected chi connectivity index (χ2v) is 4.70. The first kappa shape index (κ1) is 15.9. The monoisotopic (exact) mass is 303 g/mol. The van der Waals surface area contributed by atoms with Crippen molar-refractivity contribution in [3.05, 3.63) is 63.7 Å². The number of benzene rings is 2. The van der Waals surface area contributed by atoms with Crippen LogP contribution in [0.1, 0.15) is 17.4 Å². The van der Waals surface area contributed by atoms with Crippen LogP contribution in [0.5, 0.6) is 11.5 Å². The normalized spacial score (nSPS) is 10.7. The molecule has 2 aromatic rings. The van der Waals surface area contributed by atoms with Gasteiger partial charge in [0.1, 0.15) is 11.5 Å².